The van der Waals surface area contributed by atoms with Gasteiger partial charge >= 0.3 is 5.97 Å². The number of ether oxygens (including phenoxy) is 1. The summed E-state index contributed by atoms with van der Waals surface area (Å²) < 4.78 is 6.98. The van der Waals surface area contributed by atoms with E-state index in [2.05, 4.69) is 29.5 Å². The predicted octanol–water partition coefficient (Wildman–Crippen LogP) is 5.90. The lowest BCUT2D eigenvalue weighted by molar-refractivity contribution is 0.0600. The first-order chi connectivity index (χ1) is 13.3. The summed E-state index contributed by atoms with van der Waals surface area (Å²) >= 11 is 6.09. The molecule has 0 aliphatic heterocycles. The number of rotatable bonds is 4. The number of aryl methyl sites for hydroxylation is 3. The molecule has 2 aromatic carbocycles. The lowest BCUT2D eigenvalue weighted by Gasteiger charge is -2.13. The minimum atomic E-state index is -0.333. The Labute approximate surface area is 170 Å². The van der Waals surface area contributed by atoms with Gasteiger partial charge in [0.25, 0.3) is 0 Å². The zero-order valence-electron chi connectivity index (χ0n) is 16.7. The van der Waals surface area contributed by atoms with Crippen LogP contribution in [0.4, 0.5) is 5.69 Å². The van der Waals surface area contributed by atoms with Gasteiger partial charge in [0, 0.05) is 33.9 Å². The minimum absolute atomic E-state index is 0.333. The molecule has 0 aliphatic rings. The second-order valence-corrected chi connectivity index (χ2v) is 7.28. The van der Waals surface area contributed by atoms with Crippen molar-refractivity contribution in [3.63, 3.8) is 0 Å². The van der Waals surface area contributed by atoms with Crippen LogP contribution in [-0.4, -0.2) is 23.9 Å². The number of nitrogens with zero attached hydrogens (tertiary/aromatic N) is 2. The Morgan fingerprint density at radius 1 is 1.04 bits per heavy atom. The highest BCUT2D eigenvalue weighted by Crippen LogP contribution is 2.26. The number of halogens is 1. The maximum Gasteiger partial charge on any atom is 0.337 e. The van der Waals surface area contributed by atoms with Crippen molar-refractivity contribution < 1.29 is 9.53 Å². The third-order valence-corrected chi connectivity index (χ3v) is 5.08. The van der Waals surface area contributed by atoms with Gasteiger partial charge in [-0.15, -0.1) is 0 Å². The van der Waals surface area contributed by atoms with E-state index in [1.54, 1.807) is 6.07 Å². The van der Waals surface area contributed by atoms with Gasteiger partial charge in [0.05, 0.1) is 18.4 Å². The lowest BCUT2D eigenvalue weighted by Crippen LogP contribution is -2.06. The molecule has 0 aliphatic carbocycles. The van der Waals surface area contributed by atoms with Crippen LogP contribution in [0, 0.1) is 27.7 Å². The molecule has 144 valence electrons. The molecule has 28 heavy (non-hydrogen) atoms. The van der Waals surface area contributed by atoms with Crippen LogP contribution in [0.3, 0.4) is 0 Å². The second kappa shape index (κ2) is 8.03. The fourth-order valence-corrected chi connectivity index (χ4v) is 3.47. The third kappa shape index (κ3) is 3.87. The highest BCUT2D eigenvalue weighted by atomic mass is 35.5. The molecular weight excluding hydrogens is 372 g/mol. The molecule has 0 bridgehead atoms. The quantitative estimate of drug-likeness (QED) is 0.408. The van der Waals surface area contributed by atoms with Crippen LogP contribution in [0.25, 0.3) is 5.69 Å². The predicted molar refractivity (Wildman–Crippen MR) is 115 cm³/mol. The summed E-state index contributed by atoms with van der Waals surface area (Å²) in [5, 5.41) is 0.671. The maximum absolute atomic E-state index is 11.8. The van der Waals surface area contributed by atoms with Gasteiger partial charge in [-0.05, 0) is 75.2 Å². The van der Waals surface area contributed by atoms with Crippen LogP contribution in [0.1, 0.15) is 38.4 Å². The van der Waals surface area contributed by atoms with Gasteiger partial charge in [0.15, 0.2) is 0 Å². The molecule has 0 spiro atoms. The zero-order valence-corrected chi connectivity index (χ0v) is 17.5. The Morgan fingerprint density at radius 3 is 2.46 bits per heavy atom. The van der Waals surface area contributed by atoms with Crippen LogP contribution in [0.5, 0.6) is 0 Å². The molecule has 0 fully saturated rings. The fraction of sp³-hybridized carbons (Fsp3) is 0.217. The molecule has 0 saturated carbocycles. The van der Waals surface area contributed by atoms with E-state index in [0.717, 1.165) is 39.5 Å². The molecule has 0 atom stereocenters. The SMILES string of the molecule is COC(=O)c1ccc(-n2c(C)cc(C=Nc3cc(Cl)ccc3C)c2C)c(C)c1. The number of carbonyl (C=O) groups excluding carboxylic acids is 1. The summed E-state index contributed by atoms with van der Waals surface area (Å²) in [6, 6.07) is 13.4. The van der Waals surface area contributed by atoms with Gasteiger partial charge in [-0.3, -0.25) is 4.99 Å². The van der Waals surface area contributed by atoms with Gasteiger partial charge in [-0.1, -0.05) is 17.7 Å². The van der Waals surface area contributed by atoms with Crippen LogP contribution in [0.2, 0.25) is 5.02 Å². The number of hydrogen-bond acceptors (Lipinski definition) is 3. The van der Waals surface area contributed by atoms with E-state index in [9.17, 15) is 4.79 Å². The molecule has 3 rings (SSSR count). The maximum atomic E-state index is 11.8. The van der Waals surface area contributed by atoms with Crippen molar-refractivity contribution in [1.29, 1.82) is 0 Å². The van der Waals surface area contributed by atoms with E-state index in [-0.39, 0.29) is 5.97 Å². The summed E-state index contributed by atoms with van der Waals surface area (Å²) in [7, 11) is 1.39. The average molecular weight is 395 g/mol. The van der Waals surface area contributed by atoms with E-state index in [1.807, 2.05) is 50.4 Å². The molecule has 0 amide bonds. The Balaban J connectivity index is 2.00. The Morgan fingerprint density at radius 2 is 1.79 bits per heavy atom. The van der Waals surface area contributed by atoms with Crippen molar-refractivity contribution in [2.45, 2.75) is 27.7 Å². The molecule has 0 unspecified atom stereocenters. The number of hydrogen-bond donors (Lipinski definition) is 0. The standard InChI is InChI=1S/C23H23ClN2O2/c1-14-6-8-20(24)12-21(14)25-13-19-11-16(3)26(17(19)4)22-9-7-18(10-15(22)2)23(27)28-5/h6-13H,1-5H3. The first kappa shape index (κ1) is 19.9. The number of aliphatic imine (C=N–C) groups is 1. The van der Waals surface area contributed by atoms with Crippen molar-refractivity contribution in [3.05, 3.63) is 81.1 Å². The number of methoxy groups -OCH3 is 1. The van der Waals surface area contributed by atoms with Crippen molar-refractivity contribution in [1.82, 2.24) is 4.57 Å². The zero-order chi connectivity index (χ0) is 20.4. The number of aromatic nitrogens is 1. The molecule has 4 nitrogen and oxygen atoms in total. The smallest absolute Gasteiger partial charge is 0.337 e. The van der Waals surface area contributed by atoms with Crippen molar-refractivity contribution >= 4 is 29.5 Å². The first-order valence-corrected chi connectivity index (χ1v) is 9.38. The topological polar surface area (TPSA) is 43.6 Å². The van der Waals surface area contributed by atoms with Gasteiger partial charge in [0.1, 0.15) is 0 Å². The largest absolute Gasteiger partial charge is 0.465 e. The first-order valence-electron chi connectivity index (χ1n) is 9.00. The van der Waals surface area contributed by atoms with Crippen LogP contribution >= 0.6 is 11.6 Å². The average Bonchev–Trinajstić information content (AvgIpc) is 2.95. The molecule has 0 saturated heterocycles. The summed E-state index contributed by atoms with van der Waals surface area (Å²) in [4.78, 5) is 16.4. The van der Waals surface area contributed by atoms with Crippen molar-refractivity contribution in [2.75, 3.05) is 7.11 Å². The number of benzene rings is 2. The van der Waals surface area contributed by atoms with Crippen molar-refractivity contribution in [2.24, 2.45) is 4.99 Å². The van der Waals surface area contributed by atoms with E-state index in [0.29, 0.717) is 10.6 Å². The molecular formula is C23H23ClN2O2. The molecule has 1 heterocycles. The van der Waals surface area contributed by atoms with Gasteiger partial charge in [-0.2, -0.15) is 0 Å². The number of carbonyl (C=O) groups is 1. The van der Waals surface area contributed by atoms with E-state index >= 15 is 0 Å². The lowest BCUT2D eigenvalue weighted by atomic mass is 10.1. The summed E-state index contributed by atoms with van der Waals surface area (Å²) in [6.07, 6.45) is 1.87. The molecule has 1 aromatic heterocycles. The third-order valence-electron chi connectivity index (χ3n) is 4.84. The number of esters is 1. The summed E-state index contributed by atoms with van der Waals surface area (Å²) in [5.41, 5.74) is 7.71. The van der Waals surface area contributed by atoms with Crippen molar-refractivity contribution in [3.8, 4) is 5.69 Å². The highest BCUT2D eigenvalue weighted by molar-refractivity contribution is 6.30. The molecule has 3 aromatic rings. The minimum Gasteiger partial charge on any atom is -0.465 e. The fourth-order valence-electron chi connectivity index (χ4n) is 3.30. The van der Waals surface area contributed by atoms with E-state index in [4.69, 9.17) is 16.3 Å². The second-order valence-electron chi connectivity index (χ2n) is 6.84. The Hall–Kier alpha value is -2.85. The van der Waals surface area contributed by atoms with Crippen LogP contribution in [0.15, 0.2) is 47.5 Å². The van der Waals surface area contributed by atoms with Gasteiger partial charge in [-0.25, -0.2) is 4.79 Å². The van der Waals surface area contributed by atoms with Gasteiger partial charge in [0.2, 0.25) is 0 Å². The van der Waals surface area contributed by atoms with Gasteiger partial charge < -0.3 is 9.30 Å². The van der Waals surface area contributed by atoms with Crippen LogP contribution in [-0.2, 0) is 4.74 Å². The molecule has 5 heteroatoms. The normalized spacial score (nSPS) is 11.2. The van der Waals surface area contributed by atoms with Crippen LogP contribution < -0.4 is 0 Å². The summed E-state index contributed by atoms with van der Waals surface area (Å²) in [6.45, 7) is 8.12. The van der Waals surface area contributed by atoms with E-state index < -0.39 is 0 Å². The Bertz CT molecular complexity index is 1080. The summed E-state index contributed by atoms with van der Waals surface area (Å²) in [5.74, 6) is -0.333. The van der Waals surface area contributed by atoms with E-state index in [1.165, 1.54) is 7.11 Å². The molecule has 0 N–H and O–H groups in total. The molecule has 0 radical (unpaired) electrons. The Kier molecular flexibility index (Phi) is 5.71. The highest BCUT2D eigenvalue weighted by Gasteiger charge is 2.14. The monoisotopic (exact) mass is 394 g/mol.